The second-order valence-electron chi connectivity index (χ2n) is 6.62. The fraction of sp³-hybridized carbons (Fsp3) is 0.174. The smallest absolute Gasteiger partial charge is 0.231 e. The molecule has 3 aromatic rings. The normalized spacial score (nSPS) is 11.8. The van der Waals surface area contributed by atoms with Crippen molar-refractivity contribution in [2.45, 2.75) is 13.2 Å². The van der Waals surface area contributed by atoms with Crippen molar-refractivity contribution in [1.29, 1.82) is 0 Å². The van der Waals surface area contributed by atoms with Crippen molar-refractivity contribution in [2.24, 2.45) is 0 Å². The van der Waals surface area contributed by atoms with E-state index in [9.17, 15) is 0 Å². The number of hydrogen-bond acceptors (Lipinski definition) is 5. The average Bonchev–Trinajstić information content (AvgIpc) is 3.24. The summed E-state index contributed by atoms with van der Waals surface area (Å²) in [5.41, 5.74) is 2.80. The number of rotatable bonds is 7. The molecule has 0 saturated carbocycles. The second-order valence-corrected chi connectivity index (χ2v) is 7.43. The van der Waals surface area contributed by atoms with Gasteiger partial charge in [0.15, 0.2) is 23.0 Å². The summed E-state index contributed by atoms with van der Waals surface area (Å²) in [7, 11) is 1.60. The summed E-state index contributed by atoms with van der Waals surface area (Å²) in [6.07, 6.45) is 0. The Labute approximate surface area is 185 Å². The van der Waals surface area contributed by atoms with Gasteiger partial charge in [0, 0.05) is 22.7 Å². The van der Waals surface area contributed by atoms with Gasteiger partial charge in [-0.1, -0.05) is 48.1 Å². The first-order chi connectivity index (χ1) is 14.6. The summed E-state index contributed by atoms with van der Waals surface area (Å²) in [4.78, 5) is 0.614. The first-order valence-corrected chi connectivity index (χ1v) is 10.1. The van der Waals surface area contributed by atoms with Crippen LogP contribution in [0.15, 0.2) is 60.7 Å². The Morgan fingerprint density at radius 3 is 2.70 bits per heavy atom. The Bertz CT molecular complexity index is 1070. The van der Waals surface area contributed by atoms with Crippen molar-refractivity contribution in [3.05, 3.63) is 82.4 Å². The highest BCUT2D eigenvalue weighted by Gasteiger charge is 2.14. The molecule has 0 fully saturated rings. The van der Waals surface area contributed by atoms with E-state index in [1.807, 2.05) is 60.7 Å². The Morgan fingerprint density at radius 1 is 1.03 bits per heavy atom. The van der Waals surface area contributed by atoms with Crippen LogP contribution in [0.5, 0.6) is 23.0 Å². The zero-order chi connectivity index (χ0) is 20.9. The molecule has 1 heterocycles. The maximum Gasteiger partial charge on any atom is 0.231 e. The first kappa shape index (κ1) is 20.3. The van der Waals surface area contributed by atoms with E-state index in [4.69, 9.17) is 42.8 Å². The van der Waals surface area contributed by atoms with Crippen molar-refractivity contribution in [2.75, 3.05) is 13.9 Å². The summed E-state index contributed by atoms with van der Waals surface area (Å²) < 4.78 is 22.1. The molecule has 0 amide bonds. The van der Waals surface area contributed by atoms with Gasteiger partial charge in [-0.25, -0.2) is 0 Å². The zero-order valence-electron chi connectivity index (χ0n) is 16.3. The minimum absolute atomic E-state index is 0.259. The number of hydrogen-bond donors (Lipinski definition) is 1. The monoisotopic (exact) mass is 441 g/mol. The van der Waals surface area contributed by atoms with Crippen molar-refractivity contribution < 1.29 is 18.9 Å². The molecular weight excluding hydrogens is 422 g/mol. The molecule has 4 rings (SSSR count). The molecular formula is C23H20ClNO4S. The first-order valence-electron chi connectivity index (χ1n) is 9.35. The standard InChI is InChI=1S/C23H20ClNO4S/c1-26-21-11-16(7-9-19(21)27-13-17-4-2-3-5-18(17)24)23(30)25-12-15-6-8-20-22(10-15)29-14-28-20/h2-11H,12-14H2,1H3,(H,25,30). The quantitative estimate of drug-likeness (QED) is 0.513. The Morgan fingerprint density at radius 2 is 1.87 bits per heavy atom. The van der Waals surface area contributed by atoms with Crippen LogP contribution < -0.4 is 24.3 Å². The maximum absolute atomic E-state index is 6.20. The molecule has 3 aromatic carbocycles. The minimum Gasteiger partial charge on any atom is -0.493 e. The molecule has 1 N–H and O–H groups in total. The zero-order valence-corrected chi connectivity index (χ0v) is 17.9. The van der Waals surface area contributed by atoms with E-state index in [1.165, 1.54) is 0 Å². The van der Waals surface area contributed by atoms with Crippen molar-refractivity contribution in [3.63, 3.8) is 0 Å². The number of nitrogens with one attached hydrogen (secondary N) is 1. The molecule has 30 heavy (non-hydrogen) atoms. The molecule has 0 unspecified atom stereocenters. The molecule has 1 aliphatic heterocycles. The summed E-state index contributed by atoms with van der Waals surface area (Å²) in [6, 6.07) is 19.0. The lowest BCUT2D eigenvalue weighted by molar-refractivity contribution is 0.174. The number of methoxy groups -OCH3 is 1. The van der Waals surface area contributed by atoms with Crippen LogP contribution in [0.2, 0.25) is 5.02 Å². The molecule has 0 spiro atoms. The van der Waals surface area contributed by atoms with Crippen LogP contribution in [-0.2, 0) is 13.2 Å². The Kier molecular flexibility index (Phi) is 6.26. The number of halogens is 1. The van der Waals surface area contributed by atoms with E-state index >= 15 is 0 Å². The lowest BCUT2D eigenvalue weighted by Gasteiger charge is -2.14. The van der Waals surface area contributed by atoms with E-state index < -0.39 is 0 Å². The fourth-order valence-corrected chi connectivity index (χ4v) is 3.42. The summed E-state index contributed by atoms with van der Waals surface area (Å²) in [5.74, 6) is 2.74. The molecule has 0 radical (unpaired) electrons. The highest BCUT2D eigenvalue weighted by atomic mass is 35.5. The Hall–Kier alpha value is -2.96. The largest absolute Gasteiger partial charge is 0.493 e. The molecule has 0 aliphatic carbocycles. The molecule has 0 saturated heterocycles. The van der Waals surface area contributed by atoms with Crippen LogP contribution in [0, 0.1) is 0 Å². The number of fused-ring (bicyclic) bond motifs is 1. The molecule has 5 nitrogen and oxygen atoms in total. The third-order valence-electron chi connectivity index (χ3n) is 4.66. The molecule has 0 atom stereocenters. The third-order valence-corrected chi connectivity index (χ3v) is 5.41. The van der Waals surface area contributed by atoms with Gasteiger partial charge in [-0.3, -0.25) is 0 Å². The minimum atomic E-state index is 0.259. The molecule has 154 valence electrons. The van der Waals surface area contributed by atoms with Crippen LogP contribution in [-0.4, -0.2) is 18.9 Å². The van der Waals surface area contributed by atoms with Gasteiger partial charge in [0.05, 0.1) is 7.11 Å². The topological polar surface area (TPSA) is 49.0 Å². The van der Waals surface area contributed by atoms with Gasteiger partial charge in [0.2, 0.25) is 6.79 Å². The molecule has 1 aliphatic rings. The molecule has 7 heteroatoms. The van der Waals surface area contributed by atoms with E-state index in [-0.39, 0.29) is 6.79 Å². The van der Waals surface area contributed by atoms with Gasteiger partial charge in [-0.2, -0.15) is 0 Å². The van der Waals surface area contributed by atoms with Gasteiger partial charge < -0.3 is 24.3 Å². The molecule has 0 bridgehead atoms. The van der Waals surface area contributed by atoms with Gasteiger partial charge in [0.25, 0.3) is 0 Å². The lowest BCUT2D eigenvalue weighted by atomic mass is 10.1. The van der Waals surface area contributed by atoms with Crippen LogP contribution >= 0.6 is 23.8 Å². The van der Waals surface area contributed by atoms with Gasteiger partial charge >= 0.3 is 0 Å². The fourth-order valence-electron chi connectivity index (χ4n) is 3.03. The van der Waals surface area contributed by atoms with Crippen LogP contribution in [0.1, 0.15) is 16.7 Å². The number of benzene rings is 3. The predicted molar refractivity (Wildman–Crippen MR) is 120 cm³/mol. The lowest BCUT2D eigenvalue weighted by Crippen LogP contribution is -2.21. The second kappa shape index (κ2) is 9.24. The van der Waals surface area contributed by atoms with Crippen LogP contribution in [0.25, 0.3) is 0 Å². The highest BCUT2D eigenvalue weighted by molar-refractivity contribution is 7.80. The van der Waals surface area contributed by atoms with E-state index in [2.05, 4.69) is 5.32 Å². The van der Waals surface area contributed by atoms with Crippen LogP contribution in [0.3, 0.4) is 0 Å². The number of thiocarbonyl (C=S) groups is 1. The van der Waals surface area contributed by atoms with Crippen molar-refractivity contribution >= 4 is 28.8 Å². The van der Waals surface area contributed by atoms with Crippen LogP contribution in [0.4, 0.5) is 0 Å². The SMILES string of the molecule is COc1cc(C(=S)NCc2ccc3c(c2)OCO3)ccc1OCc1ccccc1Cl. The van der Waals surface area contributed by atoms with Gasteiger partial charge in [0.1, 0.15) is 11.6 Å². The summed E-state index contributed by atoms with van der Waals surface area (Å²) in [6.45, 7) is 1.18. The van der Waals surface area contributed by atoms with Gasteiger partial charge in [-0.05, 0) is 42.0 Å². The molecule has 0 aromatic heterocycles. The van der Waals surface area contributed by atoms with E-state index in [0.29, 0.717) is 34.7 Å². The third kappa shape index (κ3) is 4.61. The maximum atomic E-state index is 6.20. The summed E-state index contributed by atoms with van der Waals surface area (Å²) >= 11 is 11.7. The Balaban J connectivity index is 1.40. The highest BCUT2D eigenvalue weighted by Crippen LogP contribution is 2.33. The predicted octanol–water partition coefficient (Wildman–Crippen LogP) is 5.12. The van der Waals surface area contributed by atoms with Gasteiger partial charge in [-0.15, -0.1) is 0 Å². The average molecular weight is 442 g/mol. The van der Waals surface area contributed by atoms with E-state index in [1.54, 1.807) is 7.11 Å². The van der Waals surface area contributed by atoms with Crippen molar-refractivity contribution in [1.82, 2.24) is 5.32 Å². The van der Waals surface area contributed by atoms with Crippen molar-refractivity contribution in [3.8, 4) is 23.0 Å². The van der Waals surface area contributed by atoms with E-state index in [0.717, 1.165) is 28.2 Å². The number of ether oxygens (including phenoxy) is 4. The summed E-state index contributed by atoms with van der Waals surface area (Å²) in [5, 5.41) is 3.93.